The van der Waals surface area contributed by atoms with Gasteiger partial charge in [0.05, 0.1) is 0 Å². The quantitative estimate of drug-likeness (QED) is 0.483. The van der Waals surface area contributed by atoms with E-state index in [0.29, 0.717) is 0 Å². The van der Waals surface area contributed by atoms with Crippen LogP contribution >= 0.6 is 0 Å². The SMILES string of the molecule is CC[C@H](C)[C@H](N)C(=O)O.O=C(O)c1cc(=O)[nH]c(=O)[nH]1. The van der Waals surface area contributed by atoms with Crippen LogP contribution < -0.4 is 17.0 Å². The van der Waals surface area contributed by atoms with Gasteiger partial charge in [0.1, 0.15) is 11.7 Å². The molecule has 1 aromatic heterocycles. The molecule has 0 aromatic carbocycles. The summed E-state index contributed by atoms with van der Waals surface area (Å²) in [6.45, 7) is 3.76. The molecule has 1 rings (SSSR count). The molecule has 6 N–H and O–H groups in total. The number of H-pyrrole nitrogens is 2. The van der Waals surface area contributed by atoms with Crippen LogP contribution in [0.3, 0.4) is 0 Å². The van der Waals surface area contributed by atoms with Crippen molar-refractivity contribution in [2.75, 3.05) is 0 Å². The number of nitrogens with two attached hydrogens (primary N) is 1. The molecule has 0 saturated carbocycles. The largest absolute Gasteiger partial charge is 0.480 e. The molecule has 0 radical (unpaired) electrons. The van der Waals surface area contributed by atoms with Gasteiger partial charge in [-0.15, -0.1) is 0 Å². The van der Waals surface area contributed by atoms with Crippen LogP contribution in [0.25, 0.3) is 0 Å². The van der Waals surface area contributed by atoms with Crippen molar-refractivity contribution in [3.63, 3.8) is 0 Å². The Balaban J connectivity index is 0.000000370. The summed E-state index contributed by atoms with van der Waals surface area (Å²) in [6.07, 6.45) is 0.813. The molecule has 0 fully saturated rings. The molecule has 9 nitrogen and oxygen atoms in total. The highest BCUT2D eigenvalue weighted by Crippen LogP contribution is 2.04. The summed E-state index contributed by atoms with van der Waals surface area (Å²) in [6, 6.07) is 0.0963. The van der Waals surface area contributed by atoms with Gasteiger partial charge in [0.25, 0.3) is 5.56 Å². The van der Waals surface area contributed by atoms with Crippen LogP contribution in [0.2, 0.25) is 0 Å². The highest BCUT2D eigenvalue weighted by atomic mass is 16.4. The molecule has 0 amide bonds. The van der Waals surface area contributed by atoms with E-state index in [-0.39, 0.29) is 5.92 Å². The van der Waals surface area contributed by atoms with Gasteiger partial charge in [-0.3, -0.25) is 14.6 Å². The van der Waals surface area contributed by atoms with Gasteiger partial charge in [0.15, 0.2) is 0 Å². The predicted molar refractivity (Wildman–Crippen MR) is 69.7 cm³/mol. The second-order valence-corrected chi connectivity index (χ2v) is 4.06. The Bertz CT molecular complexity index is 548. The van der Waals surface area contributed by atoms with Crippen molar-refractivity contribution < 1.29 is 19.8 Å². The molecule has 0 saturated heterocycles. The summed E-state index contributed by atoms with van der Waals surface area (Å²) in [5.41, 5.74) is 3.30. The van der Waals surface area contributed by atoms with E-state index >= 15 is 0 Å². The van der Waals surface area contributed by atoms with Crippen LogP contribution in [0.15, 0.2) is 15.7 Å². The Hall–Kier alpha value is -2.42. The topological polar surface area (TPSA) is 166 Å². The van der Waals surface area contributed by atoms with Crippen molar-refractivity contribution >= 4 is 11.9 Å². The maximum absolute atomic E-state index is 10.5. The van der Waals surface area contributed by atoms with Gasteiger partial charge < -0.3 is 20.9 Å². The van der Waals surface area contributed by atoms with Crippen LogP contribution in [0, 0.1) is 5.92 Å². The van der Waals surface area contributed by atoms with E-state index in [0.717, 1.165) is 12.5 Å². The van der Waals surface area contributed by atoms with Gasteiger partial charge in [-0.25, -0.2) is 9.59 Å². The maximum Gasteiger partial charge on any atom is 0.352 e. The van der Waals surface area contributed by atoms with E-state index in [1.165, 1.54) is 0 Å². The summed E-state index contributed by atoms with van der Waals surface area (Å²) in [4.78, 5) is 45.0. The Morgan fingerprint density at radius 1 is 1.30 bits per heavy atom. The van der Waals surface area contributed by atoms with E-state index in [1.54, 1.807) is 0 Å². The first-order valence-electron chi connectivity index (χ1n) is 5.74. The number of aliphatic carboxylic acids is 1. The van der Waals surface area contributed by atoms with Crippen LogP contribution in [-0.4, -0.2) is 38.2 Å². The minimum atomic E-state index is -1.34. The molecular weight excluding hydrogens is 270 g/mol. The molecule has 0 spiro atoms. The Morgan fingerprint density at radius 3 is 2.15 bits per heavy atom. The fourth-order valence-electron chi connectivity index (χ4n) is 1.08. The maximum atomic E-state index is 10.5. The number of carboxylic acid groups (broad SMARTS) is 2. The lowest BCUT2D eigenvalue weighted by Gasteiger charge is -2.11. The molecule has 0 aliphatic heterocycles. The Kier molecular flexibility index (Phi) is 6.94. The smallest absolute Gasteiger partial charge is 0.352 e. The molecule has 20 heavy (non-hydrogen) atoms. The van der Waals surface area contributed by atoms with Gasteiger partial charge in [-0.2, -0.15) is 0 Å². The Morgan fingerprint density at radius 2 is 1.85 bits per heavy atom. The third-order valence-electron chi connectivity index (χ3n) is 2.53. The predicted octanol–water partition coefficient (Wildman–Crippen LogP) is -0.794. The van der Waals surface area contributed by atoms with Gasteiger partial charge in [0.2, 0.25) is 0 Å². The van der Waals surface area contributed by atoms with Crippen molar-refractivity contribution in [1.29, 1.82) is 0 Å². The standard InChI is InChI=1S/C6H13NO2.C5H4N2O4/c1-3-4(2)5(7)6(8)9;8-3-1-2(4(9)10)6-5(11)7-3/h4-5H,3,7H2,1-2H3,(H,8,9);1H,(H,9,10)(H2,6,7,8,11)/t4-,5-;/m0./s1. The summed E-state index contributed by atoms with van der Waals surface area (Å²) in [5.74, 6) is -2.18. The molecule has 112 valence electrons. The van der Waals surface area contributed by atoms with Crippen molar-refractivity contribution in [1.82, 2.24) is 9.97 Å². The summed E-state index contributed by atoms with van der Waals surface area (Å²) in [7, 11) is 0. The van der Waals surface area contributed by atoms with Crippen molar-refractivity contribution in [2.24, 2.45) is 11.7 Å². The molecular formula is C11H17N3O6. The number of aromatic nitrogens is 2. The fourth-order valence-corrected chi connectivity index (χ4v) is 1.08. The van der Waals surface area contributed by atoms with E-state index in [9.17, 15) is 19.2 Å². The highest BCUT2D eigenvalue weighted by molar-refractivity contribution is 5.84. The molecule has 0 aliphatic rings. The minimum absolute atomic E-state index is 0.0718. The number of nitrogens with one attached hydrogen (secondary N) is 2. The van der Waals surface area contributed by atoms with E-state index in [4.69, 9.17) is 15.9 Å². The fraction of sp³-hybridized carbons (Fsp3) is 0.455. The molecule has 2 atom stereocenters. The molecule has 1 aromatic rings. The summed E-state index contributed by atoms with van der Waals surface area (Å²) in [5, 5.41) is 16.7. The number of aromatic amines is 2. The second kappa shape index (κ2) is 7.89. The number of hydrogen-bond acceptors (Lipinski definition) is 5. The second-order valence-electron chi connectivity index (χ2n) is 4.06. The monoisotopic (exact) mass is 287 g/mol. The summed E-state index contributed by atoms with van der Waals surface area (Å²) < 4.78 is 0. The van der Waals surface area contributed by atoms with E-state index in [2.05, 4.69) is 0 Å². The van der Waals surface area contributed by atoms with Gasteiger partial charge in [-0.05, 0) is 5.92 Å². The number of carbonyl (C=O) groups is 2. The summed E-state index contributed by atoms with van der Waals surface area (Å²) >= 11 is 0. The molecule has 9 heteroatoms. The van der Waals surface area contributed by atoms with Gasteiger partial charge in [-0.1, -0.05) is 20.3 Å². The zero-order valence-electron chi connectivity index (χ0n) is 11.0. The average molecular weight is 287 g/mol. The van der Waals surface area contributed by atoms with Crippen LogP contribution in [0.4, 0.5) is 0 Å². The molecule has 0 unspecified atom stereocenters. The van der Waals surface area contributed by atoms with Crippen molar-refractivity contribution in [2.45, 2.75) is 26.3 Å². The van der Waals surface area contributed by atoms with Crippen LogP contribution in [0.1, 0.15) is 30.8 Å². The zero-order valence-corrected chi connectivity index (χ0v) is 11.0. The highest BCUT2D eigenvalue weighted by Gasteiger charge is 2.17. The van der Waals surface area contributed by atoms with Crippen molar-refractivity contribution in [3.8, 4) is 0 Å². The zero-order chi connectivity index (χ0) is 15.9. The van der Waals surface area contributed by atoms with E-state index in [1.807, 2.05) is 23.8 Å². The van der Waals surface area contributed by atoms with E-state index < -0.39 is 34.9 Å². The number of hydrogen-bond donors (Lipinski definition) is 5. The number of aromatic carboxylic acids is 1. The van der Waals surface area contributed by atoms with Crippen LogP contribution in [-0.2, 0) is 4.79 Å². The lowest BCUT2D eigenvalue weighted by molar-refractivity contribution is -0.139. The molecule has 0 bridgehead atoms. The third-order valence-corrected chi connectivity index (χ3v) is 2.53. The number of rotatable bonds is 4. The lowest BCUT2D eigenvalue weighted by Crippen LogP contribution is -2.36. The lowest BCUT2D eigenvalue weighted by atomic mass is 10.0. The first-order valence-corrected chi connectivity index (χ1v) is 5.74. The number of carboxylic acids is 2. The van der Waals surface area contributed by atoms with Gasteiger partial charge in [0, 0.05) is 6.07 Å². The van der Waals surface area contributed by atoms with Crippen molar-refractivity contribution in [3.05, 3.63) is 32.6 Å². The molecule has 1 heterocycles. The minimum Gasteiger partial charge on any atom is -0.480 e. The average Bonchev–Trinajstić information content (AvgIpc) is 2.36. The normalized spacial score (nSPS) is 12.8. The third kappa shape index (κ3) is 5.96. The first kappa shape index (κ1) is 17.6. The Labute approximate surface area is 113 Å². The van der Waals surface area contributed by atoms with Crippen LogP contribution in [0.5, 0.6) is 0 Å². The van der Waals surface area contributed by atoms with Gasteiger partial charge >= 0.3 is 17.6 Å². The first-order chi connectivity index (χ1) is 9.18. The molecule has 0 aliphatic carbocycles.